The summed E-state index contributed by atoms with van der Waals surface area (Å²) in [5, 5.41) is 8.77. The minimum Gasteiger partial charge on any atom is -0.364 e. The molecule has 1 amide bonds. The summed E-state index contributed by atoms with van der Waals surface area (Å²) in [5.41, 5.74) is 9.20. The standard InChI is InChI=1S/C18H17N5O2/c19-18(25)14-9-10-17(24)22(20-14)11-15-13-7-4-8-16(13)23(21-15)12-5-2-1-3-6-12/h1-3,5-6,9-10H,4,7-8,11H2,(H2,19,25). The molecule has 25 heavy (non-hydrogen) atoms. The number of hydrogen-bond donors (Lipinski definition) is 1. The second-order valence-electron chi connectivity index (χ2n) is 6.05. The molecule has 4 rings (SSSR count). The van der Waals surface area contributed by atoms with Crippen molar-refractivity contribution in [3.63, 3.8) is 0 Å². The van der Waals surface area contributed by atoms with Crippen molar-refractivity contribution in [2.24, 2.45) is 5.73 Å². The summed E-state index contributed by atoms with van der Waals surface area (Å²) in [6.45, 7) is 0.224. The van der Waals surface area contributed by atoms with Crippen LogP contribution >= 0.6 is 0 Å². The summed E-state index contributed by atoms with van der Waals surface area (Å²) < 4.78 is 3.19. The molecule has 0 saturated heterocycles. The van der Waals surface area contributed by atoms with Crippen LogP contribution in [0.4, 0.5) is 0 Å². The number of nitrogens with two attached hydrogens (primary N) is 1. The van der Waals surface area contributed by atoms with Gasteiger partial charge in [0, 0.05) is 11.8 Å². The van der Waals surface area contributed by atoms with Gasteiger partial charge in [0.25, 0.3) is 11.5 Å². The quantitative estimate of drug-likeness (QED) is 0.771. The van der Waals surface area contributed by atoms with E-state index < -0.39 is 5.91 Å². The van der Waals surface area contributed by atoms with Gasteiger partial charge in [-0.2, -0.15) is 10.2 Å². The van der Waals surface area contributed by atoms with Crippen LogP contribution in [0.2, 0.25) is 0 Å². The van der Waals surface area contributed by atoms with Crippen LogP contribution in [0.1, 0.15) is 33.9 Å². The van der Waals surface area contributed by atoms with Gasteiger partial charge in [-0.3, -0.25) is 9.59 Å². The molecule has 2 aromatic heterocycles. The van der Waals surface area contributed by atoms with E-state index in [-0.39, 0.29) is 17.8 Å². The van der Waals surface area contributed by atoms with Gasteiger partial charge < -0.3 is 5.73 Å². The lowest BCUT2D eigenvalue weighted by atomic mass is 10.2. The van der Waals surface area contributed by atoms with Gasteiger partial charge in [0.15, 0.2) is 0 Å². The Morgan fingerprint density at radius 3 is 2.64 bits per heavy atom. The molecule has 1 aromatic carbocycles. The zero-order valence-electron chi connectivity index (χ0n) is 13.6. The first kappa shape index (κ1) is 15.3. The summed E-state index contributed by atoms with van der Waals surface area (Å²) in [6, 6.07) is 12.6. The fourth-order valence-electron chi connectivity index (χ4n) is 3.26. The summed E-state index contributed by atoms with van der Waals surface area (Å²) in [5.74, 6) is -0.659. The number of fused-ring (bicyclic) bond motifs is 1. The van der Waals surface area contributed by atoms with E-state index in [0.717, 1.165) is 30.6 Å². The van der Waals surface area contributed by atoms with Gasteiger partial charge in [-0.15, -0.1) is 0 Å². The number of carbonyl (C=O) groups excluding carboxylic acids is 1. The molecule has 0 saturated carbocycles. The fraction of sp³-hybridized carbons (Fsp3) is 0.222. The molecule has 2 heterocycles. The first-order chi connectivity index (χ1) is 12.1. The van der Waals surface area contributed by atoms with Crippen LogP contribution in [-0.4, -0.2) is 25.5 Å². The Hall–Kier alpha value is -3.22. The molecule has 126 valence electrons. The Kier molecular flexibility index (Phi) is 3.68. The average Bonchev–Trinajstić information content (AvgIpc) is 3.21. The van der Waals surface area contributed by atoms with Crippen LogP contribution in [0.5, 0.6) is 0 Å². The highest BCUT2D eigenvalue weighted by atomic mass is 16.1. The van der Waals surface area contributed by atoms with Crippen molar-refractivity contribution < 1.29 is 4.79 Å². The Morgan fingerprint density at radius 1 is 1.08 bits per heavy atom. The molecular formula is C18H17N5O2. The Balaban J connectivity index is 1.77. The number of hydrogen-bond acceptors (Lipinski definition) is 4. The number of primary amides is 1. The molecule has 0 atom stereocenters. The molecule has 0 fully saturated rings. The number of amides is 1. The van der Waals surface area contributed by atoms with Crippen LogP contribution in [0, 0.1) is 0 Å². The van der Waals surface area contributed by atoms with Gasteiger partial charge in [-0.05, 0) is 43.0 Å². The largest absolute Gasteiger partial charge is 0.364 e. The van der Waals surface area contributed by atoms with Crippen molar-refractivity contribution in [1.29, 1.82) is 0 Å². The minimum absolute atomic E-state index is 0.0683. The molecule has 1 aliphatic rings. The summed E-state index contributed by atoms with van der Waals surface area (Å²) in [6.07, 6.45) is 2.96. The van der Waals surface area contributed by atoms with Gasteiger partial charge in [0.2, 0.25) is 0 Å². The third-order valence-corrected chi connectivity index (χ3v) is 4.43. The highest BCUT2D eigenvalue weighted by Crippen LogP contribution is 2.28. The van der Waals surface area contributed by atoms with Crippen molar-refractivity contribution in [3.05, 3.63) is 75.5 Å². The van der Waals surface area contributed by atoms with E-state index in [1.54, 1.807) is 0 Å². The third-order valence-electron chi connectivity index (χ3n) is 4.43. The second-order valence-corrected chi connectivity index (χ2v) is 6.05. The maximum atomic E-state index is 12.1. The first-order valence-electron chi connectivity index (χ1n) is 8.16. The van der Waals surface area contributed by atoms with Gasteiger partial charge in [-0.25, -0.2) is 9.36 Å². The normalized spacial score (nSPS) is 13.0. The highest BCUT2D eigenvalue weighted by molar-refractivity contribution is 5.90. The highest BCUT2D eigenvalue weighted by Gasteiger charge is 2.23. The van der Waals surface area contributed by atoms with E-state index >= 15 is 0 Å². The SMILES string of the molecule is NC(=O)c1ccc(=O)n(Cc2nn(-c3ccccc3)c3c2CCC3)n1. The van der Waals surface area contributed by atoms with Crippen molar-refractivity contribution in [3.8, 4) is 5.69 Å². The summed E-state index contributed by atoms with van der Waals surface area (Å²) >= 11 is 0. The van der Waals surface area contributed by atoms with Crippen molar-refractivity contribution in [2.45, 2.75) is 25.8 Å². The smallest absolute Gasteiger partial charge is 0.269 e. The van der Waals surface area contributed by atoms with Crippen LogP contribution in [0.15, 0.2) is 47.3 Å². The maximum Gasteiger partial charge on any atom is 0.269 e. The lowest BCUT2D eigenvalue weighted by Gasteiger charge is -2.06. The monoisotopic (exact) mass is 335 g/mol. The molecule has 0 unspecified atom stereocenters. The van der Waals surface area contributed by atoms with E-state index in [4.69, 9.17) is 10.8 Å². The number of rotatable bonds is 4. The number of carbonyl (C=O) groups is 1. The van der Waals surface area contributed by atoms with Crippen LogP contribution in [0.25, 0.3) is 5.69 Å². The average molecular weight is 335 g/mol. The van der Waals surface area contributed by atoms with E-state index in [1.165, 1.54) is 28.1 Å². The maximum absolute atomic E-state index is 12.1. The van der Waals surface area contributed by atoms with Crippen molar-refractivity contribution in [2.75, 3.05) is 0 Å². The fourth-order valence-corrected chi connectivity index (χ4v) is 3.26. The number of para-hydroxylation sites is 1. The molecule has 2 N–H and O–H groups in total. The molecule has 7 heteroatoms. The molecule has 3 aromatic rings. The zero-order chi connectivity index (χ0) is 17.4. The molecular weight excluding hydrogens is 318 g/mol. The Labute approximate surface area is 143 Å². The molecule has 1 aliphatic carbocycles. The van der Waals surface area contributed by atoms with Crippen LogP contribution in [-0.2, 0) is 19.4 Å². The molecule has 0 spiro atoms. The van der Waals surface area contributed by atoms with Crippen molar-refractivity contribution >= 4 is 5.91 Å². The Bertz CT molecular complexity index is 1000. The zero-order valence-corrected chi connectivity index (χ0v) is 13.6. The van der Waals surface area contributed by atoms with Crippen LogP contribution < -0.4 is 11.3 Å². The van der Waals surface area contributed by atoms with Gasteiger partial charge in [0.1, 0.15) is 5.69 Å². The summed E-state index contributed by atoms with van der Waals surface area (Å²) in [4.78, 5) is 23.4. The predicted octanol–water partition coefficient (Wildman–Crippen LogP) is 1.06. The van der Waals surface area contributed by atoms with Gasteiger partial charge in [-0.1, -0.05) is 18.2 Å². The summed E-state index contributed by atoms with van der Waals surface area (Å²) in [7, 11) is 0. The molecule has 0 radical (unpaired) electrons. The van der Waals surface area contributed by atoms with Crippen LogP contribution in [0.3, 0.4) is 0 Å². The predicted molar refractivity (Wildman–Crippen MR) is 91.7 cm³/mol. The molecule has 0 bridgehead atoms. The van der Waals surface area contributed by atoms with Gasteiger partial charge in [0.05, 0.1) is 17.9 Å². The van der Waals surface area contributed by atoms with E-state index in [2.05, 4.69) is 5.10 Å². The third kappa shape index (κ3) is 2.73. The number of aromatic nitrogens is 4. The molecule has 0 aliphatic heterocycles. The second kappa shape index (κ2) is 6.01. The number of benzene rings is 1. The molecule has 7 nitrogen and oxygen atoms in total. The lowest BCUT2D eigenvalue weighted by Crippen LogP contribution is -2.27. The lowest BCUT2D eigenvalue weighted by molar-refractivity contribution is 0.0993. The number of nitrogens with zero attached hydrogens (tertiary/aromatic N) is 4. The first-order valence-corrected chi connectivity index (χ1v) is 8.16. The minimum atomic E-state index is -0.659. The topological polar surface area (TPSA) is 95.8 Å². The van der Waals surface area contributed by atoms with E-state index in [0.29, 0.717) is 0 Å². The van der Waals surface area contributed by atoms with E-state index in [1.807, 2.05) is 35.0 Å². The van der Waals surface area contributed by atoms with Crippen molar-refractivity contribution in [1.82, 2.24) is 19.6 Å². The Morgan fingerprint density at radius 2 is 1.88 bits per heavy atom. The van der Waals surface area contributed by atoms with Gasteiger partial charge >= 0.3 is 0 Å². The van der Waals surface area contributed by atoms with E-state index in [9.17, 15) is 9.59 Å².